The van der Waals surface area contributed by atoms with Gasteiger partial charge in [0.25, 0.3) is 11.1 Å². The van der Waals surface area contributed by atoms with Crippen LogP contribution in [0, 0.1) is 0 Å². The molecule has 1 aliphatic heterocycles. The van der Waals surface area contributed by atoms with Crippen LogP contribution < -0.4 is 31.3 Å². The molecule has 3 heterocycles. The third-order valence-electron chi connectivity index (χ3n) is 4.36. The molecule has 4 rings (SSSR count). The van der Waals surface area contributed by atoms with Crippen molar-refractivity contribution in [3.05, 3.63) is 72.2 Å². The zero-order valence-electron chi connectivity index (χ0n) is 16.6. The lowest BCUT2D eigenvalue weighted by atomic mass is 10.2. The van der Waals surface area contributed by atoms with Crippen molar-refractivity contribution in [1.82, 2.24) is 14.9 Å². The van der Waals surface area contributed by atoms with Crippen molar-refractivity contribution in [3.63, 3.8) is 0 Å². The minimum atomic E-state index is -0.365. The second-order valence-corrected chi connectivity index (χ2v) is 9.46. The van der Waals surface area contributed by atoms with E-state index in [-0.39, 0.29) is 28.6 Å². The van der Waals surface area contributed by atoms with E-state index in [9.17, 15) is 9.59 Å². The van der Waals surface area contributed by atoms with Gasteiger partial charge in [0.2, 0.25) is 6.79 Å². The summed E-state index contributed by atoms with van der Waals surface area (Å²) in [5, 5.41) is 0.414. The van der Waals surface area contributed by atoms with Gasteiger partial charge in [-0.15, -0.1) is 23.1 Å². The molecule has 0 atom stereocenters. The van der Waals surface area contributed by atoms with Gasteiger partial charge in [0, 0.05) is 17.2 Å². The van der Waals surface area contributed by atoms with E-state index in [0.29, 0.717) is 11.5 Å². The van der Waals surface area contributed by atoms with E-state index >= 15 is 0 Å². The number of aromatic nitrogens is 2. The molecule has 0 saturated heterocycles. The molecule has 9 heteroatoms. The number of nitrogens with zero attached hydrogens (tertiary/aromatic N) is 1. The lowest BCUT2D eigenvalue weighted by Gasteiger charge is -2.07. The lowest BCUT2D eigenvalue weighted by Crippen LogP contribution is -2.46. The molecule has 156 valence electrons. The average molecular weight is 444 g/mol. The van der Waals surface area contributed by atoms with Crippen molar-refractivity contribution in [1.29, 1.82) is 0 Å². The van der Waals surface area contributed by atoms with E-state index in [4.69, 9.17) is 9.47 Å². The van der Waals surface area contributed by atoms with Crippen molar-refractivity contribution in [3.8, 4) is 11.5 Å². The second kappa shape index (κ2) is 8.95. The van der Waals surface area contributed by atoms with Crippen LogP contribution in [0.3, 0.4) is 0 Å². The molecule has 0 fully saturated rings. The number of ether oxygens (including phenoxy) is 2. The smallest absolute Gasteiger partial charge is 0.272 e. The molecule has 2 N–H and O–H groups in total. The predicted octanol–water partition coefficient (Wildman–Crippen LogP) is 1.16. The molecule has 2 aromatic heterocycles. The van der Waals surface area contributed by atoms with Crippen LogP contribution in [0.15, 0.2) is 44.1 Å². The fraction of sp³-hybridized carbons (Fsp3) is 0.238. The highest BCUT2D eigenvalue weighted by atomic mass is 32.2. The maximum absolute atomic E-state index is 12.5. The first kappa shape index (κ1) is 20.5. The van der Waals surface area contributed by atoms with Crippen LogP contribution in [0.4, 0.5) is 0 Å². The number of H-pyrrole nitrogens is 2. The highest BCUT2D eigenvalue weighted by Gasteiger charge is 2.12. The summed E-state index contributed by atoms with van der Waals surface area (Å²) in [5.74, 6) is 2.27. The second-order valence-electron chi connectivity index (χ2n) is 6.95. The molecule has 7 nitrogen and oxygen atoms in total. The van der Waals surface area contributed by atoms with Gasteiger partial charge in [-0.1, -0.05) is 6.07 Å². The van der Waals surface area contributed by atoms with Crippen LogP contribution in [-0.2, 0) is 0 Å². The van der Waals surface area contributed by atoms with Gasteiger partial charge < -0.3 is 24.3 Å². The zero-order chi connectivity index (χ0) is 21.1. The van der Waals surface area contributed by atoms with Crippen LogP contribution in [0.5, 0.6) is 11.5 Å². The number of aromatic amines is 2. The molecule has 0 saturated carbocycles. The average Bonchev–Trinajstić information content (AvgIpc) is 3.34. The summed E-state index contributed by atoms with van der Waals surface area (Å²) in [7, 11) is 4.09. The Morgan fingerprint density at radius 3 is 2.53 bits per heavy atom. The van der Waals surface area contributed by atoms with Crippen molar-refractivity contribution >= 4 is 35.3 Å². The van der Waals surface area contributed by atoms with Gasteiger partial charge in [-0.25, -0.2) is 0 Å². The Labute approximate surface area is 180 Å². The first-order valence-corrected chi connectivity index (χ1v) is 11.1. The summed E-state index contributed by atoms with van der Waals surface area (Å²) in [4.78, 5) is 33.4. The van der Waals surface area contributed by atoms with Gasteiger partial charge in [-0.05, 0) is 56.1 Å². The summed E-state index contributed by atoms with van der Waals surface area (Å²) in [5.41, 5.74) is 0.0160. The van der Waals surface area contributed by atoms with Crippen LogP contribution in [0.1, 0.15) is 10.4 Å². The van der Waals surface area contributed by atoms with E-state index < -0.39 is 0 Å². The van der Waals surface area contributed by atoms with Gasteiger partial charge >= 0.3 is 0 Å². The molecule has 1 aliphatic rings. The Balaban J connectivity index is 1.59. The third kappa shape index (κ3) is 4.86. The first-order chi connectivity index (χ1) is 14.5. The summed E-state index contributed by atoms with van der Waals surface area (Å²) >= 11 is 3.37. The SMILES string of the molecule is CN(C)CCSc1ccc(/C=c2\[nH]c(=O)/c(=C/c3ccc4c(c3)OCO4)[nH]c2=O)s1. The maximum atomic E-state index is 12.5. The molecular weight excluding hydrogens is 422 g/mol. The van der Waals surface area contributed by atoms with E-state index in [1.54, 1.807) is 53.4 Å². The zero-order valence-corrected chi connectivity index (χ0v) is 18.2. The highest BCUT2D eigenvalue weighted by molar-refractivity contribution is 8.01. The van der Waals surface area contributed by atoms with E-state index in [1.807, 2.05) is 26.2 Å². The van der Waals surface area contributed by atoms with Crippen molar-refractivity contribution < 1.29 is 9.47 Å². The highest BCUT2D eigenvalue weighted by Crippen LogP contribution is 2.32. The molecule has 0 spiro atoms. The molecule has 0 unspecified atom stereocenters. The molecular formula is C21H21N3O4S2. The first-order valence-electron chi connectivity index (χ1n) is 9.31. The molecule has 1 aromatic carbocycles. The Kier molecular flexibility index (Phi) is 6.12. The van der Waals surface area contributed by atoms with Crippen molar-refractivity contribution in [2.24, 2.45) is 0 Å². The number of thioether (sulfide) groups is 1. The van der Waals surface area contributed by atoms with Crippen LogP contribution >= 0.6 is 23.1 Å². The third-order valence-corrected chi connectivity index (χ3v) is 6.60. The Bertz CT molecular complexity index is 1290. The van der Waals surface area contributed by atoms with Crippen molar-refractivity contribution in [2.75, 3.05) is 33.2 Å². The van der Waals surface area contributed by atoms with Crippen LogP contribution in [-0.4, -0.2) is 48.1 Å². The predicted molar refractivity (Wildman–Crippen MR) is 120 cm³/mol. The summed E-state index contributed by atoms with van der Waals surface area (Å²) in [6, 6.07) is 9.32. The molecule has 30 heavy (non-hydrogen) atoms. The molecule has 0 amide bonds. The number of hydrogen-bond donors (Lipinski definition) is 2. The molecule has 0 bridgehead atoms. The Morgan fingerprint density at radius 1 is 1.03 bits per heavy atom. The van der Waals surface area contributed by atoms with Gasteiger partial charge in [-0.2, -0.15) is 0 Å². The fourth-order valence-corrected chi connectivity index (χ4v) is 5.10. The Hall–Kier alpha value is -2.75. The maximum Gasteiger partial charge on any atom is 0.272 e. The van der Waals surface area contributed by atoms with E-state index in [0.717, 1.165) is 22.7 Å². The van der Waals surface area contributed by atoms with Gasteiger partial charge in [0.05, 0.1) is 4.21 Å². The summed E-state index contributed by atoms with van der Waals surface area (Å²) in [6.45, 7) is 1.18. The quantitative estimate of drug-likeness (QED) is 0.556. The van der Waals surface area contributed by atoms with Crippen molar-refractivity contribution in [2.45, 2.75) is 4.21 Å². The molecule has 0 aliphatic carbocycles. The topological polar surface area (TPSA) is 87.4 Å². The van der Waals surface area contributed by atoms with Gasteiger partial charge in [0.1, 0.15) is 10.7 Å². The van der Waals surface area contributed by atoms with E-state index in [2.05, 4.69) is 14.9 Å². The number of nitrogens with one attached hydrogen (secondary N) is 2. The van der Waals surface area contributed by atoms with Gasteiger partial charge in [0.15, 0.2) is 11.5 Å². The molecule has 0 radical (unpaired) electrons. The number of rotatable bonds is 6. The summed E-state index contributed by atoms with van der Waals surface area (Å²) < 4.78 is 11.8. The van der Waals surface area contributed by atoms with Crippen LogP contribution in [0.2, 0.25) is 0 Å². The summed E-state index contributed by atoms with van der Waals surface area (Å²) in [6.07, 6.45) is 3.31. The number of benzene rings is 1. The largest absolute Gasteiger partial charge is 0.454 e. The number of fused-ring (bicyclic) bond motifs is 1. The minimum Gasteiger partial charge on any atom is -0.454 e. The standard InChI is InChI=1S/C21H21N3O4S2/c1-24(2)7-8-29-19-6-4-14(30-19)11-16-21(26)22-15(20(25)23-16)9-13-3-5-17-18(10-13)28-12-27-17/h3-6,9-11H,7-8,12H2,1-2H3,(H,22,26)(H,23,25)/b15-9-,16-11-. The van der Waals surface area contributed by atoms with E-state index in [1.165, 1.54) is 4.21 Å². The van der Waals surface area contributed by atoms with Gasteiger partial charge in [-0.3, -0.25) is 9.59 Å². The Morgan fingerprint density at radius 2 is 1.77 bits per heavy atom. The fourth-order valence-electron chi connectivity index (χ4n) is 2.83. The normalized spacial score (nSPS) is 14.1. The molecule has 3 aromatic rings. The lowest BCUT2D eigenvalue weighted by molar-refractivity contribution is 0.174. The monoisotopic (exact) mass is 443 g/mol. The van der Waals surface area contributed by atoms with Crippen LogP contribution in [0.25, 0.3) is 12.2 Å². The number of thiophene rings is 1. The minimum absolute atomic E-state index is 0.180. The number of hydrogen-bond acceptors (Lipinski definition) is 7.